The molecule has 18 heavy (non-hydrogen) atoms. The third-order valence-electron chi connectivity index (χ3n) is 2.44. The smallest absolute Gasteiger partial charge is 0.129 e. The molecular formula is C14H11ClF2O. The molecule has 2 aromatic rings. The number of halogens is 3. The van der Waals surface area contributed by atoms with E-state index in [1.807, 2.05) is 0 Å². The maximum atomic E-state index is 13.3. The summed E-state index contributed by atoms with van der Waals surface area (Å²) in [5, 5.41) is 0. The molecule has 1 nitrogen and oxygen atoms in total. The van der Waals surface area contributed by atoms with Crippen LogP contribution in [-0.2, 0) is 12.5 Å². The van der Waals surface area contributed by atoms with Crippen molar-refractivity contribution >= 4 is 11.6 Å². The van der Waals surface area contributed by atoms with Crippen LogP contribution in [0.4, 0.5) is 8.78 Å². The lowest BCUT2D eigenvalue weighted by Crippen LogP contribution is -1.99. The lowest BCUT2D eigenvalue weighted by atomic mass is 10.2. The Hall–Kier alpha value is -1.61. The van der Waals surface area contributed by atoms with Crippen LogP contribution in [0.15, 0.2) is 42.5 Å². The van der Waals surface area contributed by atoms with Gasteiger partial charge in [-0.15, -0.1) is 11.6 Å². The highest BCUT2D eigenvalue weighted by Crippen LogP contribution is 2.19. The fourth-order valence-electron chi connectivity index (χ4n) is 1.56. The molecule has 0 N–H and O–H groups in total. The Labute approximate surface area is 109 Å². The highest BCUT2D eigenvalue weighted by atomic mass is 35.5. The molecule has 2 rings (SSSR count). The first-order chi connectivity index (χ1) is 8.69. The first-order valence-electron chi connectivity index (χ1n) is 5.40. The summed E-state index contributed by atoms with van der Waals surface area (Å²) in [6, 6.07) is 10.5. The average Bonchev–Trinajstić information content (AvgIpc) is 2.37. The molecule has 94 valence electrons. The molecular weight excluding hydrogens is 258 g/mol. The Morgan fingerprint density at radius 3 is 2.56 bits per heavy atom. The summed E-state index contributed by atoms with van der Waals surface area (Å²) in [7, 11) is 0. The van der Waals surface area contributed by atoms with E-state index in [1.54, 1.807) is 24.3 Å². The van der Waals surface area contributed by atoms with Gasteiger partial charge in [0, 0.05) is 17.5 Å². The van der Waals surface area contributed by atoms with Gasteiger partial charge in [-0.3, -0.25) is 0 Å². The topological polar surface area (TPSA) is 9.23 Å². The number of rotatable bonds is 4. The van der Waals surface area contributed by atoms with Crippen LogP contribution < -0.4 is 4.74 Å². The van der Waals surface area contributed by atoms with E-state index in [2.05, 4.69) is 0 Å². The predicted octanol–water partition coefficient (Wildman–Crippen LogP) is 4.28. The zero-order valence-corrected chi connectivity index (χ0v) is 10.3. The van der Waals surface area contributed by atoms with E-state index in [4.69, 9.17) is 16.3 Å². The second-order valence-corrected chi connectivity index (χ2v) is 4.08. The van der Waals surface area contributed by atoms with Gasteiger partial charge in [-0.2, -0.15) is 0 Å². The van der Waals surface area contributed by atoms with E-state index in [9.17, 15) is 8.78 Å². The van der Waals surface area contributed by atoms with E-state index < -0.39 is 5.82 Å². The van der Waals surface area contributed by atoms with Gasteiger partial charge >= 0.3 is 0 Å². The normalized spacial score (nSPS) is 10.4. The van der Waals surface area contributed by atoms with E-state index in [0.717, 1.165) is 0 Å². The Kier molecular flexibility index (Phi) is 4.15. The highest BCUT2D eigenvalue weighted by molar-refractivity contribution is 6.17. The molecule has 0 heterocycles. The molecule has 0 saturated carbocycles. The number of ether oxygens (including phenoxy) is 1. The highest BCUT2D eigenvalue weighted by Gasteiger charge is 2.04. The van der Waals surface area contributed by atoms with Crippen LogP contribution in [0.5, 0.6) is 5.75 Å². The van der Waals surface area contributed by atoms with Crippen molar-refractivity contribution in [3.63, 3.8) is 0 Å². The first-order valence-corrected chi connectivity index (χ1v) is 5.94. The van der Waals surface area contributed by atoms with Gasteiger partial charge in [0.05, 0.1) is 0 Å². The predicted molar refractivity (Wildman–Crippen MR) is 66.7 cm³/mol. The second-order valence-electron chi connectivity index (χ2n) is 3.81. The largest absolute Gasteiger partial charge is 0.489 e. The first kappa shape index (κ1) is 12.8. The van der Waals surface area contributed by atoms with Crippen LogP contribution in [0.3, 0.4) is 0 Å². The van der Waals surface area contributed by atoms with Crippen LogP contribution in [0.25, 0.3) is 0 Å². The summed E-state index contributed by atoms with van der Waals surface area (Å²) in [5.74, 6) is -0.217. The van der Waals surface area contributed by atoms with Crippen molar-refractivity contribution < 1.29 is 13.5 Å². The molecule has 0 fully saturated rings. The summed E-state index contributed by atoms with van der Waals surface area (Å²) in [6.45, 7) is 0.0534. The monoisotopic (exact) mass is 268 g/mol. The van der Waals surface area contributed by atoms with Gasteiger partial charge in [0.25, 0.3) is 0 Å². The molecule has 4 heteroatoms. The minimum atomic E-state index is -0.420. The summed E-state index contributed by atoms with van der Waals surface area (Å²) in [6.07, 6.45) is 0. The molecule has 0 saturated heterocycles. The quantitative estimate of drug-likeness (QED) is 0.752. The van der Waals surface area contributed by atoms with Crippen LogP contribution in [0.2, 0.25) is 0 Å². The summed E-state index contributed by atoms with van der Waals surface area (Å²) in [5.41, 5.74) is 1.05. The van der Waals surface area contributed by atoms with Crippen LogP contribution in [0, 0.1) is 11.6 Å². The van der Waals surface area contributed by atoms with Crippen LogP contribution in [0.1, 0.15) is 11.1 Å². The average molecular weight is 269 g/mol. The molecule has 0 radical (unpaired) electrons. The van der Waals surface area contributed by atoms with Gasteiger partial charge in [-0.05, 0) is 23.8 Å². The molecule has 0 aliphatic heterocycles. The summed E-state index contributed by atoms with van der Waals surface area (Å²) >= 11 is 5.63. The van der Waals surface area contributed by atoms with E-state index in [0.29, 0.717) is 16.9 Å². The van der Waals surface area contributed by atoms with Gasteiger partial charge in [0.1, 0.15) is 24.0 Å². The van der Waals surface area contributed by atoms with Gasteiger partial charge in [0.2, 0.25) is 0 Å². The zero-order chi connectivity index (χ0) is 13.0. The Morgan fingerprint density at radius 2 is 1.83 bits per heavy atom. The van der Waals surface area contributed by atoms with Crippen molar-refractivity contribution in [1.82, 2.24) is 0 Å². The van der Waals surface area contributed by atoms with Crippen molar-refractivity contribution in [2.45, 2.75) is 12.5 Å². The van der Waals surface area contributed by atoms with E-state index in [-0.39, 0.29) is 18.3 Å². The molecule has 0 aliphatic rings. The maximum Gasteiger partial charge on any atom is 0.129 e. The third-order valence-corrected chi connectivity index (χ3v) is 2.75. The number of alkyl halides is 1. The molecule has 0 atom stereocenters. The van der Waals surface area contributed by atoms with E-state index in [1.165, 1.54) is 18.2 Å². The minimum Gasteiger partial charge on any atom is -0.489 e. The molecule has 0 aliphatic carbocycles. The zero-order valence-electron chi connectivity index (χ0n) is 9.50. The molecule has 0 spiro atoms. The van der Waals surface area contributed by atoms with Crippen molar-refractivity contribution in [1.29, 1.82) is 0 Å². The van der Waals surface area contributed by atoms with Gasteiger partial charge in [-0.25, -0.2) is 8.78 Å². The number of hydrogen-bond acceptors (Lipinski definition) is 1. The van der Waals surface area contributed by atoms with Crippen molar-refractivity contribution in [2.24, 2.45) is 0 Å². The van der Waals surface area contributed by atoms with Crippen molar-refractivity contribution in [3.05, 3.63) is 65.2 Å². The fourth-order valence-corrected chi connectivity index (χ4v) is 1.71. The minimum absolute atomic E-state index is 0.0534. The van der Waals surface area contributed by atoms with Gasteiger partial charge in [-0.1, -0.05) is 18.2 Å². The molecule has 0 unspecified atom stereocenters. The summed E-state index contributed by atoms with van der Waals surface area (Å²) in [4.78, 5) is 0. The second kappa shape index (κ2) is 5.83. The number of hydrogen-bond donors (Lipinski definition) is 0. The Morgan fingerprint density at radius 1 is 1.06 bits per heavy atom. The number of benzene rings is 2. The third kappa shape index (κ3) is 3.20. The molecule has 0 bridgehead atoms. The SMILES string of the molecule is Fc1cc(CCl)cc(OCc2ccccc2F)c1. The fraction of sp³-hybridized carbons (Fsp3) is 0.143. The lowest BCUT2D eigenvalue weighted by molar-refractivity contribution is 0.298. The molecule has 0 amide bonds. The van der Waals surface area contributed by atoms with E-state index >= 15 is 0 Å². The Balaban J connectivity index is 2.11. The van der Waals surface area contributed by atoms with Crippen molar-refractivity contribution in [2.75, 3.05) is 0 Å². The molecule has 0 aromatic heterocycles. The Bertz CT molecular complexity index is 543. The van der Waals surface area contributed by atoms with Gasteiger partial charge in [0.15, 0.2) is 0 Å². The summed E-state index contributed by atoms with van der Waals surface area (Å²) < 4.78 is 31.9. The lowest BCUT2D eigenvalue weighted by Gasteiger charge is -2.08. The van der Waals surface area contributed by atoms with Gasteiger partial charge < -0.3 is 4.74 Å². The van der Waals surface area contributed by atoms with Crippen molar-refractivity contribution in [3.8, 4) is 5.75 Å². The maximum absolute atomic E-state index is 13.3. The molecule has 2 aromatic carbocycles. The standard InChI is InChI=1S/C14H11ClF2O/c15-8-10-5-12(16)7-13(6-10)18-9-11-3-1-2-4-14(11)17/h1-7H,8-9H2. The van der Waals surface area contributed by atoms with Crippen LogP contribution in [-0.4, -0.2) is 0 Å². The van der Waals surface area contributed by atoms with Crippen LogP contribution >= 0.6 is 11.6 Å².